The van der Waals surface area contributed by atoms with Gasteiger partial charge in [0, 0.05) is 19.6 Å². The minimum absolute atomic E-state index is 0. The Kier molecular flexibility index (Phi) is 8.64. The normalized spacial score (nSPS) is 17.4. The summed E-state index contributed by atoms with van der Waals surface area (Å²) in [5.41, 5.74) is 2.03. The lowest BCUT2D eigenvalue weighted by atomic mass is 9.83. The van der Waals surface area contributed by atoms with Crippen LogP contribution < -0.4 is 11.1 Å². The predicted octanol–water partition coefficient (Wildman–Crippen LogP) is 2.55. The number of hydrogen-bond acceptors (Lipinski definition) is 5. The molecule has 0 aliphatic carbocycles. The molecule has 0 radical (unpaired) electrons. The molecular weight excluding hydrogens is 446 g/mol. The number of benzene rings is 2. The first kappa shape index (κ1) is 26.1. The lowest BCUT2D eigenvalue weighted by Gasteiger charge is -2.30. The fraction of sp³-hybridized carbons (Fsp3) is 0.391. The Balaban J connectivity index is 0.00000181. The van der Waals surface area contributed by atoms with Crippen LogP contribution in [-0.2, 0) is 10.2 Å². The van der Waals surface area contributed by atoms with Crippen molar-refractivity contribution in [2.45, 2.75) is 37.8 Å². The number of amides is 1. The topological polar surface area (TPSA) is 98.6 Å². The number of β-amino-alcohol motifs (C(OH)–C–C–N with tert-alkyl or cyclic N) is 1. The smallest absolute Gasteiger partial charge is 0.408 e. The summed E-state index contributed by atoms with van der Waals surface area (Å²) in [6.45, 7) is 5.80. The highest BCUT2D eigenvalue weighted by atomic mass is 32.1. The molecule has 0 spiro atoms. The SMILES string of the molecule is CC(C)(C(=O)N[C@H](CN1CC[C@H](O)C1)c1ccccc1)c1ccc2oc(=O)[nH]c2c1.S.S. The van der Waals surface area contributed by atoms with E-state index in [4.69, 9.17) is 4.42 Å². The molecule has 2 atom stereocenters. The van der Waals surface area contributed by atoms with E-state index in [1.54, 1.807) is 12.1 Å². The molecule has 1 aliphatic heterocycles. The van der Waals surface area contributed by atoms with Crippen LogP contribution in [0.1, 0.15) is 37.4 Å². The standard InChI is InChI=1S/C23H27N3O4.2H2S/c1-23(2,16-8-9-20-18(12-16)25-22(29)30-20)21(28)24-19(15-6-4-3-5-7-15)14-26-11-10-17(27)13-26;;/h3-9,12,17,19,27H,10-11,13-14H2,1-2H3,(H,24,28)(H,25,29);2*1H2/t17-,19+;;/m0../s1. The third kappa shape index (κ3) is 5.58. The fourth-order valence-electron chi connectivity index (χ4n) is 3.97. The molecule has 0 saturated carbocycles. The van der Waals surface area contributed by atoms with Gasteiger partial charge in [0.2, 0.25) is 5.91 Å². The van der Waals surface area contributed by atoms with Crippen LogP contribution in [-0.4, -0.2) is 46.6 Å². The van der Waals surface area contributed by atoms with Gasteiger partial charge in [-0.3, -0.25) is 14.7 Å². The molecule has 7 nitrogen and oxygen atoms in total. The number of likely N-dealkylation sites (tertiary alicyclic amines) is 1. The zero-order valence-electron chi connectivity index (χ0n) is 18.2. The van der Waals surface area contributed by atoms with Crippen LogP contribution in [0.5, 0.6) is 0 Å². The number of H-pyrrole nitrogens is 1. The zero-order valence-corrected chi connectivity index (χ0v) is 20.2. The van der Waals surface area contributed by atoms with E-state index in [0.717, 1.165) is 24.1 Å². The number of aliphatic hydroxyl groups excluding tert-OH is 1. The van der Waals surface area contributed by atoms with Gasteiger partial charge in [0.1, 0.15) is 0 Å². The lowest BCUT2D eigenvalue weighted by molar-refractivity contribution is -0.126. The lowest BCUT2D eigenvalue weighted by Crippen LogP contribution is -2.45. The Morgan fingerprint density at radius 1 is 1.25 bits per heavy atom. The van der Waals surface area contributed by atoms with Gasteiger partial charge in [-0.15, -0.1) is 0 Å². The van der Waals surface area contributed by atoms with Gasteiger partial charge >= 0.3 is 5.76 Å². The highest BCUT2D eigenvalue weighted by molar-refractivity contribution is 7.59. The molecule has 0 unspecified atom stereocenters. The van der Waals surface area contributed by atoms with Crippen LogP contribution in [0.25, 0.3) is 11.1 Å². The number of nitrogens with one attached hydrogen (secondary N) is 2. The van der Waals surface area contributed by atoms with Gasteiger partial charge in [0.25, 0.3) is 0 Å². The van der Waals surface area contributed by atoms with E-state index in [1.807, 2.05) is 50.2 Å². The number of nitrogens with zero attached hydrogens (tertiary/aromatic N) is 1. The Morgan fingerprint density at radius 2 is 1.97 bits per heavy atom. The molecule has 3 N–H and O–H groups in total. The van der Waals surface area contributed by atoms with E-state index < -0.39 is 11.2 Å². The Labute approximate surface area is 201 Å². The van der Waals surface area contributed by atoms with Crippen LogP contribution in [0.3, 0.4) is 0 Å². The van der Waals surface area contributed by atoms with E-state index in [2.05, 4.69) is 15.2 Å². The first-order valence-corrected chi connectivity index (χ1v) is 10.2. The van der Waals surface area contributed by atoms with Gasteiger partial charge in [-0.1, -0.05) is 36.4 Å². The Hall–Kier alpha value is -2.20. The molecule has 4 rings (SSSR count). The number of aliphatic hydroxyl groups is 1. The molecule has 1 fully saturated rings. The summed E-state index contributed by atoms with van der Waals surface area (Å²) in [6.07, 6.45) is 0.446. The van der Waals surface area contributed by atoms with Crippen LogP contribution in [0, 0.1) is 0 Å². The van der Waals surface area contributed by atoms with Crippen molar-refractivity contribution < 1.29 is 14.3 Å². The van der Waals surface area contributed by atoms with E-state index in [1.165, 1.54) is 0 Å². The maximum absolute atomic E-state index is 13.4. The average molecular weight is 478 g/mol. The number of aromatic amines is 1. The summed E-state index contributed by atoms with van der Waals surface area (Å²) in [7, 11) is 0. The molecule has 174 valence electrons. The summed E-state index contributed by atoms with van der Waals surface area (Å²) in [5, 5.41) is 13.1. The fourth-order valence-corrected chi connectivity index (χ4v) is 3.97. The molecule has 1 aromatic heterocycles. The highest BCUT2D eigenvalue weighted by Crippen LogP contribution is 2.28. The summed E-state index contributed by atoms with van der Waals surface area (Å²) < 4.78 is 5.06. The quantitative estimate of drug-likeness (QED) is 0.507. The zero-order chi connectivity index (χ0) is 21.3. The second-order valence-electron chi connectivity index (χ2n) is 8.49. The van der Waals surface area contributed by atoms with Crippen LogP contribution in [0.15, 0.2) is 57.7 Å². The van der Waals surface area contributed by atoms with E-state index in [-0.39, 0.29) is 45.0 Å². The Bertz CT molecular complexity index is 1100. The van der Waals surface area contributed by atoms with Crippen LogP contribution >= 0.6 is 27.0 Å². The van der Waals surface area contributed by atoms with Gasteiger partial charge in [0.15, 0.2) is 5.58 Å². The van der Waals surface area contributed by atoms with Crippen molar-refractivity contribution in [2.75, 3.05) is 19.6 Å². The molecule has 9 heteroatoms. The van der Waals surface area contributed by atoms with Crippen molar-refractivity contribution >= 4 is 44.0 Å². The van der Waals surface area contributed by atoms with Crippen molar-refractivity contribution in [1.29, 1.82) is 0 Å². The predicted molar refractivity (Wildman–Crippen MR) is 135 cm³/mol. The van der Waals surface area contributed by atoms with Crippen molar-refractivity contribution in [1.82, 2.24) is 15.2 Å². The summed E-state index contributed by atoms with van der Waals surface area (Å²) in [4.78, 5) is 29.6. The van der Waals surface area contributed by atoms with Crippen molar-refractivity contribution in [3.8, 4) is 0 Å². The number of aromatic nitrogens is 1. The molecule has 1 saturated heterocycles. The monoisotopic (exact) mass is 477 g/mol. The molecular formula is C23H31N3O4S2. The van der Waals surface area contributed by atoms with Gasteiger partial charge in [-0.25, -0.2) is 4.79 Å². The summed E-state index contributed by atoms with van der Waals surface area (Å²) in [6, 6.07) is 15.0. The minimum atomic E-state index is -0.820. The number of carbonyl (C=O) groups excluding carboxylic acids is 1. The van der Waals surface area contributed by atoms with Gasteiger partial charge in [0.05, 0.1) is 23.1 Å². The number of rotatable bonds is 6. The van der Waals surface area contributed by atoms with Crippen LogP contribution in [0.2, 0.25) is 0 Å². The molecule has 32 heavy (non-hydrogen) atoms. The molecule has 2 aromatic carbocycles. The third-order valence-corrected chi connectivity index (χ3v) is 5.90. The number of fused-ring (bicyclic) bond motifs is 1. The van der Waals surface area contributed by atoms with Crippen molar-refractivity contribution in [2.24, 2.45) is 0 Å². The average Bonchev–Trinajstić information content (AvgIpc) is 3.31. The van der Waals surface area contributed by atoms with E-state index >= 15 is 0 Å². The molecule has 0 bridgehead atoms. The second-order valence-corrected chi connectivity index (χ2v) is 8.49. The molecule has 1 amide bonds. The largest absolute Gasteiger partial charge is 0.417 e. The van der Waals surface area contributed by atoms with Crippen molar-refractivity contribution in [3.05, 3.63) is 70.2 Å². The maximum atomic E-state index is 13.4. The van der Waals surface area contributed by atoms with Gasteiger partial charge in [-0.05, 0) is 43.5 Å². The number of hydrogen-bond donors (Lipinski definition) is 3. The highest BCUT2D eigenvalue weighted by Gasteiger charge is 2.33. The van der Waals surface area contributed by atoms with Gasteiger partial charge < -0.3 is 14.8 Å². The maximum Gasteiger partial charge on any atom is 0.417 e. The molecule has 3 aromatic rings. The Morgan fingerprint density at radius 3 is 2.62 bits per heavy atom. The number of oxazole rings is 1. The first-order chi connectivity index (χ1) is 14.3. The van der Waals surface area contributed by atoms with Crippen molar-refractivity contribution in [3.63, 3.8) is 0 Å². The van der Waals surface area contributed by atoms with Crippen LogP contribution in [0.4, 0.5) is 0 Å². The van der Waals surface area contributed by atoms with E-state index in [0.29, 0.717) is 24.2 Å². The van der Waals surface area contributed by atoms with Gasteiger partial charge in [-0.2, -0.15) is 27.0 Å². The number of carbonyl (C=O) groups is 1. The van der Waals surface area contributed by atoms with E-state index in [9.17, 15) is 14.7 Å². The second kappa shape index (κ2) is 10.6. The summed E-state index contributed by atoms with van der Waals surface area (Å²) >= 11 is 0. The summed E-state index contributed by atoms with van der Waals surface area (Å²) in [5.74, 6) is -0.623. The third-order valence-electron chi connectivity index (χ3n) is 5.90. The minimum Gasteiger partial charge on any atom is -0.408 e. The molecule has 1 aliphatic rings. The first-order valence-electron chi connectivity index (χ1n) is 10.2. The molecule has 2 heterocycles.